The molecule has 1 atom stereocenters. The van der Waals surface area contributed by atoms with Gasteiger partial charge in [-0.2, -0.15) is 0 Å². The van der Waals surface area contributed by atoms with Crippen molar-refractivity contribution in [2.75, 3.05) is 5.32 Å². The molecule has 1 unspecified atom stereocenters. The summed E-state index contributed by atoms with van der Waals surface area (Å²) in [4.78, 5) is 24.3. The number of benzene rings is 1. The molecule has 0 aliphatic rings. The fraction of sp³-hybridized carbons (Fsp3) is 0.375. The van der Waals surface area contributed by atoms with Gasteiger partial charge in [0.25, 0.3) is 5.91 Å². The highest BCUT2D eigenvalue weighted by molar-refractivity contribution is 7.15. The Balaban J connectivity index is 2.17. The molecular formula is C16H20N4O2S. The maximum absolute atomic E-state index is 12.6. The van der Waals surface area contributed by atoms with E-state index in [1.54, 1.807) is 19.1 Å². The zero-order valence-electron chi connectivity index (χ0n) is 13.4. The van der Waals surface area contributed by atoms with E-state index in [0.29, 0.717) is 11.6 Å². The summed E-state index contributed by atoms with van der Waals surface area (Å²) in [6.45, 7) is 5.77. The average molecular weight is 332 g/mol. The SMILES string of the molecule is CCC(=O)NC(C(=O)Nc1nnc(C(C)C)s1)c1ccccc1. The minimum Gasteiger partial charge on any atom is -0.341 e. The Kier molecular flexibility index (Phi) is 5.81. The molecule has 1 aromatic carbocycles. The molecule has 0 saturated carbocycles. The van der Waals surface area contributed by atoms with Gasteiger partial charge in [0.05, 0.1) is 0 Å². The van der Waals surface area contributed by atoms with Crippen LogP contribution in [0.4, 0.5) is 5.13 Å². The van der Waals surface area contributed by atoms with Crippen LogP contribution in [-0.4, -0.2) is 22.0 Å². The summed E-state index contributed by atoms with van der Waals surface area (Å²) in [5.74, 6) is -0.263. The van der Waals surface area contributed by atoms with E-state index >= 15 is 0 Å². The Morgan fingerprint density at radius 1 is 1.17 bits per heavy atom. The smallest absolute Gasteiger partial charge is 0.253 e. The lowest BCUT2D eigenvalue weighted by molar-refractivity contribution is -0.126. The molecule has 0 bridgehead atoms. The highest BCUT2D eigenvalue weighted by Gasteiger charge is 2.23. The number of anilines is 1. The number of amides is 2. The van der Waals surface area contributed by atoms with Crippen LogP contribution in [-0.2, 0) is 9.59 Å². The second-order valence-corrected chi connectivity index (χ2v) is 6.36. The van der Waals surface area contributed by atoms with Crippen LogP contribution in [0, 0.1) is 0 Å². The molecule has 0 aliphatic heterocycles. The van der Waals surface area contributed by atoms with Gasteiger partial charge in [0, 0.05) is 12.3 Å². The summed E-state index contributed by atoms with van der Waals surface area (Å²) in [6.07, 6.45) is 0.312. The van der Waals surface area contributed by atoms with E-state index in [9.17, 15) is 9.59 Å². The number of aromatic nitrogens is 2. The first-order chi connectivity index (χ1) is 11.0. The first-order valence-electron chi connectivity index (χ1n) is 7.49. The number of carbonyl (C=O) groups is 2. The molecule has 122 valence electrons. The van der Waals surface area contributed by atoms with Crippen LogP contribution in [0.5, 0.6) is 0 Å². The van der Waals surface area contributed by atoms with Crippen molar-refractivity contribution in [3.8, 4) is 0 Å². The van der Waals surface area contributed by atoms with E-state index in [1.807, 2.05) is 32.0 Å². The van der Waals surface area contributed by atoms with Crippen molar-refractivity contribution in [2.45, 2.75) is 39.2 Å². The molecule has 0 fully saturated rings. The molecule has 2 amide bonds. The van der Waals surface area contributed by atoms with Gasteiger partial charge < -0.3 is 5.32 Å². The molecule has 2 aromatic rings. The average Bonchev–Trinajstić information content (AvgIpc) is 3.01. The molecule has 2 rings (SSSR count). The van der Waals surface area contributed by atoms with Crippen molar-refractivity contribution in [3.05, 3.63) is 40.9 Å². The number of hydrogen-bond donors (Lipinski definition) is 2. The Labute approximate surface area is 139 Å². The fourth-order valence-corrected chi connectivity index (χ4v) is 2.65. The Morgan fingerprint density at radius 2 is 1.87 bits per heavy atom. The van der Waals surface area contributed by atoms with Crippen LogP contribution in [0.2, 0.25) is 0 Å². The van der Waals surface area contributed by atoms with Crippen molar-refractivity contribution in [1.29, 1.82) is 0 Å². The number of carbonyl (C=O) groups excluding carboxylic acids is 2. The Bertz CT molecular complexity index is 670. The summed E-state index contributed by atoms with van der Waals surface area (Å²) >= 11 is 1.34. The predicted octanol–water partition coefficient (Wildman–Crippen LogP) is 2.87. The van der Waals surface area contributed by atoms with E-state index in [0.717, 1.165) is 10.6 Å². The van der Waals surface area contributed by atoms with Gasteiger partial charge in [0.1, 0.15) is 11.0 Å². The second-order valence-electron chi connectivity index (χ2n) is 5.35. The van der Waals surface area contributed by atoms with Crippen LogP contribution >= 0.6 is 11.3 Å². The summed E-state index contributed by atoms with van der Waals surface area (Å²) < 4.78 is 0. The van der Waals surface area contributed by atoms with E-state index < -0.39 is 6.04 Å². The minimum absolute atomic E-state index is 0.186. The van der Waals surface area contributed by atoms with Crippen LogP contribution in [0.3, 0.4) is 0 Å². The Hall–Kier alpha value is -2.28. The van der Waals surface area contributed by atoms with Crippen molar-refractivity contribution in [1.82, 2.24) is 15.5 Å². The van der Waals surface area contributed by atoms with E-state index in [-0.39, 0.29) is 17.7 Å². The first-order valence-corrected chi connectivity index (χ1v) is 8.31. The molecular weight excluding hydrogens is 312 g/mol. The van der Waals surface area contributed by atoms with E-state index in [4.69, 9.17) is 0 Å². The summed E-state index contributed by atoms with van der Waals surface area (Å²) in [6, 6.07) is 8.37. The van der Waals surface area contributed by atoms with Crippen molar-refractivity contribution in [2.24, 2.45) is 0 Å². The van der Waals surface area contributed by atoms with Gasteiger partial charge >= 0.3 is 0 Å². The van der Waals surface area contributed by atoms with Crippen molar-refractivity contribution >= 4 is 28.3 Å². The lowest BCUT2D eigenvalue weighted by Crippen LogP contribution is -2.36. The molecule has 1 heterocycles. The van der Waals surface area contributed by atoms with Crippen molar-refractivity contribution < 1.29 is 9.59 Å². The van der Waals surface area contributed by atoms with Crippen LogP contribution < -0.4 is 10.6 Å². The first kappa shape index (κ1) is 17.1. The Morgan fingerprint density at radius 3 is 2.43 bits per heavy atom. The number of nitrogens with one attached hydrogen (secondary N) is 2. The van der Waals surface area contributed by atoms with Gasteiger partial charge in [0.2, 0.25) is 11.0 Å². The largest absolute Gasteiger partial charge is 0.341 e. The minimum atomic E-state index is -0.755. The normalized spacial score (nSPS) is 12.0. The fourth-order valence-electron chi connectivity index (χ4n) is 1.90. The lowest BCUT2D eigenvalue weighted by atomic mass is 10.1. The summed E-state index contributed by atoms with van der Waals surface area (Å²) in [7, 11) is 0. The molecule has 0 aliphatic carbocycles. The standard InChI is InChI=1S/C16H20N4O2S/c1-4-12(21)17-13(11-8-6-5-7-9-11)14(22)18-16-20-19-15(23-16)10(2)3/h5-10,13H,4H2,1-3H3,(H,17,21)(H,18,20,22). The number of hydrogen-bond acceptors (Lipinski definition) is 5. The quantitative estimate of drug-likeness (QED) is 0.852. The second kappa shape index (κ2) is 7.82. The molecule has 7 heteroatoms. The molecule has 23 heavy (non-hydrogen) atoms. The molecule has 0 radical (unpaired) electrons. The molecule has 1 aromatic heterocycles. The third-order valence-corrected chi connectivity index (χ3v) is 4.33. The molecule has 6 nitrogen and oxygen atoms in total. The van der Waals surface area contributed by atoms with Crippen LogP contribution in [0.15, 0.2) is 30.3 Å². The third-order valence-electron chi connectivity index (χ3n) is 3.19. The number of rotatable bonds is 6. The highest BCUT2D eigenvalue weighted by Crippen LogP contribution is 2.23. The summed E-state index contributed by atoms with van der Waals surface area (Å²) in [5.41, 5.74) is 0.723. The van der Waals surface area contributed by atoms with Gasteiger partial charge in [0.15, 0.2) is 0 Å². The van der Waals surface area contributed by atoms with Gasteiger partial charge in [-0.3, -0.25) is 14.9 Å². The lowest BCUT2D eigenvalue weighted by Gasteiger charge is -2.17. The molecule has 0 saturated heterocycles. The highest BCUT2D eigenvalue weighted by atomic mass is 32.1. The maximum Gasteiger partial charge on any atom is 0.253 e. The van der Waals surface area contributed by atoms with Gasteiger partial charge in [-0.25, -0.2) is 0 Å². The zero-order chi connectivity index (χ0) is 16.8. The van der Waals surface area contributed by atoms with Crippen LogP contribution in [0.25, 0.3) is 0 Å². The van der Waals surface area contributed by atoms with Gasteiger partial charge in [-0.05, 0) is 5.56 Å². The third kappa shape index (κ3) is 4.59. The van der Waals surface area contributed by atoms with E-state index in [1.165, 1.54) is 11.3 Å². The predicted molar refractivity (Wildman–Crippen MR) is 90.2 cm³/mol. The topological polar surface area (TPSA) is 84.0 Å². The van der Waals surface area contributed by atoms with Gasteiger partial charge in [-0.1, -0.05) is 62.4 Å². The molecule has 2 N–H and O–H groups in total. The van der Waals surface area contributed by atoms with Crippen LogP contribution in [0.1, 0.15) is 49.7 Å². The zero-order valence-corrected chi connectivity index (χ0v) is 14.2. The molecule has 0 spiro atoms. The van der Waals surface area contributed by atoms with Crippen molar-refractivity contribution in [3.63, 3.8) is 0 Å². The van der Waals surface area contributed by atoms with E-state index in [2.05, 4.69) is 20.8 Å². The number of nitrogens with zero attached hydrogens (tertiary/aromatic N) is 2. The summed E-state index contributed by atoms with van der Waals surface area (Å²) in [5, 5.41) is 14.8. The monoisotopic (exact) mass is 332 g/mol. The van der Waals surface area contributed by atoms with Gasteiger partial charge in [-0.15, -0.1) is 10.2 Å². The maximum atomic E-state index is 12.6.